The van der Waals surface area contributed by atoms with Gasteiger partial charge < -0.3 is 10.6 Å². The summed E-state index contributed by atoms with van der Waals surface area (Å²) in [5, 5.41) is 6.16. The number of halogens is 1. The Labute approximate surface area is 113 Å². The standard InChI is InChI=1S/C15H21FN2O/c1-9-4-12(5-10(2)14(9)16)7-18-15(19)13-8-17-6-11(13)3/h4-5,11,13,17H,6-8H2,1-3H3,(H,18,19). The fraction of sp³-hybridized carbons (Fsp3) is 0.533. The van der Waals surface area contributed by atoms with E-state index in [-0.39, 0.29) is 17.6 Å². The van der Waals surface area contributed by atoms with Crippen LogP contribution in [0.4, 0.5) is 4.39 Å². The van der Waals surface area contributed by atoms with Gasteiger partial charge in [-0.2, -0.15) is 0 Å². The van der Waals surface area contributed by atoms with Crippen molar-refractivity contribution in [2.24, 2.45) is 11.8 Å². The molecular formula is C15H21FN2O. The van der Waals surface area contributed by atoms with Gasteiger partial charge in [0.2, 0.25) is 5.91 Å². The minimum absolute atomic E-state index is 0.0441. The van der Waals surface area contributed by atoms with Gasteiger partial charge in [0.1, 0.15) is 5.82 Å². The van der Waals surface area contributed by atoms with Crippen molar-refractivity contribution >= 4 is 5.91 Å². The van der Waals surface area contributed by atoms with E-state index in [0.29, 0.717) is 23.6 Å². The third-order valence-electron chi connectivity index (χ3n) is 3.82. The van der Waals surface area contributed by atoms with Gasteiger partial charge in [-0.05, 0) is 43.0 Å². The van der Waals surface area contributed by atoms with Crippen molar-refractivity contribution < 1.29 is 9.18 Å². The van der Waals surface area contributed by atoms with Gasteiger partial charge in [0.15, 0.2) is 0 Å². The number of carbonyl (C=O) groups excluding carboxylic acids is 1. The van der Waals surface area contributed by atoms with Crippen LogP contribution in [0.3, 0.4) is 0 Å². The van der Waals surface area contributed by atoms with E-state index >= 15 is 0 Å². The predicted molar refractivity (Wildman–Crippen MR) is 73.2 cm³/mol. The molecule has 0 radical (unpaired) electrons. The summed E-state index contributed by atoms with van der Waals surface area (Å²) in [6.07, 6.45) is 0. The van der Waals surface area contributed by atoms with Gasteiger partial charge in [-0.3, -0.25) is 4.79 Å². The fourth-order valence-electron chi connectivity index (χ4n) is 2.62. The van der Waals surface area contributed by atoms with E-state index in [1.165, 1.54) is 0 Å². The molecule has 3 nitrogen and oxygen atoms in total. The van der Waals surface area contributed by atoms with Crippen LogP contribution in [0.15, 0.2) is 12.1 Å². The molecule has 0 saturated carbocycles. The Morgan fingerprint density at radius 1 is 1.37 bits per heavy atom. The lowest BCUT2D eigenvalue weighted by Gasteiger charge is -2.15. The highest BCUT2D eigenvalue weighted by Gasteiger charge is 2.29. The van der Waals surface area contributed by atoms with Crippen molar-refractivity contribution in [1.82, 2.24) is 10.6 Å². The van der Waals surface area contributed by atoms with Crippen LogP contribution < -0.4 is 10.6 Å². The molecule has 0 spiro atoms. The van der Waals surface area contributed by atoms with Crippen molar-refractivity contribution in [1.29, 1.82) is 0 Å². The maximum Gasteiger partial charge on any atom is 0.224 e. The van der Waals surface area contributed by atoms with Crippen molar-refractivity contribution in [3.8, 4) is 0 Å². The molecule has 1 aliphatic rings. The lowest BCUT2D eigenvalue weighted by Crippen LogP contribution is -2.33. The average molecular weight is 264 g/mol. The second kappa shape index (κ2) is 5.70. The first-order valence-corrected chi connectivity index (χ1v) is 6.73. The van der Waals surface area contributed by atoms with Gasteiger partial charge in [-0.1, -0.05) is 19.1 Å². The van der Waals surface area contributed by atoms with E-state index < -0.39 is 0 Å². The smallest absolute Gasteiger partial charge is 0.224 e. The first-order valence-electron chi connectivity index (χ1n) is 6.73. The SMILES string of the molecule is Cc1cc(CNC(=O)C2CNCC2C)cc(C)c1F. The number of rotatable bonds is 3. The van der Waals surface area contributed by atoms with Crippen LogP contribution in [-0.2, 0) is 11.3 Å². The van der Waals surface area contributed by atoms with Crippen molar-refractivity contribution in [2.45, 2.75) is 27.3 Å². The number of nitrogens with one attached hydrogen (secondary N) is 2. The molecule has 1 aromatic rings. The molecule has 2 atom stereocenters. The molecule has 4 heteroatoms. The minimum Gasteiger partial charge on any atom is -0.352 e. The Morgan fingerprint density at radius 3 is 2.53 bits per heavy atom. The number of carbonyl (C=O) groups is 1. The lowest BCUT2D eigenvalue weighted by atomic mass is 9.97. The Balaban J connectivity index is 1.97. The van der Waals surface area contributed by atoms with Crippen LogP contribution in [0.5, 0.6) is 0 Å². The number of benzene rings is 1. The molecule has 2 N–H and O–H groups in total. The van der Waals surface area contributed by atoms with Crippen LogP contribution in [0.1, 0.15) is 23.6 Å². The molecular weight excluding hydrogens is 243 g/mol. The van der Waals surface area contributed by atoms with Crippen molar-refractivity contribution in [2.75, 3.05) is 13.1 Å². The lowest BCUT2D eigenvalue weighted by molar-refractivity contribution is -0.125. The highest BCUT2D eigenvalue weighted by molar-refractivity contribution is 5.79. The quantitative estimate of drug-likeness (QED) is 0.875. The Morgan fingerprint density at radius 2 is 2.00 bits per heavy atom. The number of amides is 1. The molecule has 2 unspecified atom stereocenters. The summed E-state index contributed by atoms with van der Waals surface area (Å²) in [6.45, 7) is 7.68. The normalized spacial score (nSPS) is 22.5. The second-order valence-electron chi connectivity index (χ2n) is 5.50. The molecule has 1 heterocycles. The summed E-state index contributed by atoms with van der Waals surface area (Å²) in [5.41, 5.74) is 2.20. The third-order valence-corrected chi connectivity index (χ3v) is 3.82. The molecule has 2 rings (SSSR count). The Kier molecular flexibility index (Phi) is 4.20. The first kappa shape index (κ1) is 14.0. The first-order chi connectivity index (χ1) is 8.99. The second-order valence-corrected chi connectivity index (χ2v) is 5.50. The molecule has 0 aromatic heterocycles. The summed E-state index contributed by atoms with van der Waals surface area (Å²) < 4.78 is 13.5. The topological polar surface area (TPSA) is 41.1 Å². The summed E-state index contributed by atoms with van der Waals surface area (Å²) in [7, 11) is 0. The van der Waals surface area contributed by atoms with Gasteiger partial charge in [0.05, 0.1) is 5.92 Å². The summed E-state index contributed by atoms with van der Waals surface area (Å²) in [6, 6.07) is 3.58. The van der Waals surface area contributed by atoms with Gasteiger partial charge >= 0.3 is 0 Å². The summed E-state index contributed by atoms with van der Waals surface area (Å²) >= 11 is 0. The van der Waals surface area contributed by atoms with E-state index in [1.54, 1.807) is 26.0 Å². The summed E-state index contributed by atoms with van der Waals surface area (Å²) in [5.74, 6) is 0.333. The molecule has 1 amide bonds. The Bertz CT molecular complexity index is 464. The van der Waals surface area contributed by atoms with E-state index in [4.69, 9.17) is 0 Å². The maximum atomic E-state index is 13.5. The fourth-order valence-corrected chi connectivity index (χ4v) is 2.62. The van der Waals surface area contributed by atoms with Crippen LogP contribution in [-0.4, -0.2) is 19.0 Å². The minimum atomic E-state index is -0.163. The number of hydrogen-bond donors (Lipinski definition) is 2. The van der Waals surface area contributed by atoms with E-state index in [1.807, 2.05) is 0 Å². The van der Waals surface area contributed by atoms with Crippen LogP contribution >= 0.6 is 0 Å². The van der Waals surface area contributed by atoms with Crippen LogP contribution in [0.25, 0.3) is 0 Å². The molecule has 0 bridgehead atoms. The van der Waals surface area contributed by atoms with Crippen molar-refractivity contribution in [3.63, 3.8) is 0 Å². The van der Waals surface area contributed by atoms with Crippen LogP contribution in [0, 0.1) is 31.5 Å². The zero-order valence-electron chi connectivity index (χ0n) is 11.7. The highest BCUT2D eigenvalue weighted by Crippen LogP contribution is 2.17. The largest absolute Gasteiger partial charge is 0.352 e. The number of hydrogen-bond acceptors (Lipinski definition) is 2. The zero-order valence-corrected chi connectivity index (χ0v) is 11.7. The van der Waals surface area contributed by atoms with Gasteiger partial charge in [-0.25, -0.2) is 4.39 Å². The molecule has 19 heavy (non-hydrogen) atoms. The van der Waals surface area contributed by atoms with Crippen molar-refractivity contribution in [3.05, 3.63) is 34.6 Å². The predicted octanol–water partition coefficient (Wildman–Crippen LogP) is 1.91. The van der Waals surface area contributed by atoms with E-state index in [0.717, 1.165) is 18.7 Å². The molecule has 1 fully saturated rings. The Hall–Kier alpha value is -1.42. The molecule has 0 aliphatic carbocycles. The average Bonchev–Trinajstić information content (AvgIpc) is 2.79. The highest BCUT2D eigenvalue weighted by atomic mass is 19.1. The number of aryl methyl sites for hydroxylation is 2. The van der Waals surface area contributed by atoms with E-state index in [2.05, 4.69) is 17.6 Å². The van der Waals surface area contributed by atoms with Gasteiger partial charge in [0, 0.05) is 13.1 Å². The molecule has 104 valence electrons. The van der Waals surface area contributed by atoms with E-state index in [9.17, 15) is 9.18 Å². The third kappa shape index (κ3) is 3.13. The molecule has 1 aromatic carbocycles. The summed E-state index contributed by atoms with van der Waals surface area (Å²) in [4.78, 5) is 12.0. The molecule has 1 saturated heterocycles. The van der Waals surface area contributed by atoms with Crippen LogP contribution in [0.2, 0.25) is 0 Å². The zero-order chi connectivity index (χ0) is 14.0. The monoisotopic (exact) mass is 264 g/mol. The van der Waals surface area contributed by atoms with Gasteiger partial charge in [0.25, 0.3) is 0 Å². The van der Waals surface area contributed by atoms with Gasteiger partial charge in [-0.15, -0.1) is 0 Å². The molecule has 1 aliphatic heterocycles. The maximum absolute atomic E-state index is 13.5.